The maximum absolute atomic E-state index is 12.0. The van der Waals surface area contributed by atoms with Crippen molar-refractivity contribution in [2.75, 3.05) is 5.32 Å². The monoisotopic (exact) mass is 367 g/mol. The summed E-state index contributed by atoms with van der Waals surface area (Å²) in [6.07, 6.45) is 2.66. The van der Waals surface area contributed by atoms with E-state index in [4.69, 9.17) is 9.84 Å². The van der Waals surface area contributed by atoms with Gasteiger partial charge in [-0.25, -0.2) is 14.5 Å². The standard InChI is InChI=1S/C18H17N5O4/c1-11-4-3-5-15(12(11)2)27-17-7-6-13(8-19-17)20-16(24)10-23-9-14(18(25)26)21-22-23/h3-9H,10H2,1-2H3,(H,20,24)(H,25,26). The van der Waals surface area contributed by atoms with Gasteiger partial charge in [-0.15, -0.1) is 5.10 Å². The van der Waals surface area contributed by atoms with E-state index in [1.807, 2.05) is 32.0 Å². The highest BCUT2D eigenvalue weighted by Crippen LogP contribution is 2.26. The fraction of sp³-hybridized carbons (Fsp3) is 0.167. The zero-order valence-corrected chi connectivity index (χ0v) is 14.7. The van der Waals surface area contributed by atoms with Gasteiger partial charge >= 0.3 is 5.97 Å². The maximum Gasteiger partial charge on any atom is 0.358 e. The first-order valence-corrected chi connectivity index (χ1v) is 8.06. The fourth-order valence-electron chi connectivity index (χ4n) is 2.28. The van der Waals surface area contributed by atoms with E-state index in [2.05, 4.69) is 20.6 Å². The first-order chi connectivity index (χ1) is 12.9. The first-order valence-electron chi connectivity index (χ1n) is 8.06. The molecular weight excluding hydrogens is 350 g/mol. The van der Waals surface area contributed by atoms with Crippen molar-refractivity contribution in [1.82, 2.24) is 20.0 Å². The normalized spacial score (nSPS) is 10.4. The Morgan fingerprint density at radius 2 is 2.04 bits per heavy atom. The Balaban J connectivity index is 1.60. The smallest absolute Gasteiger partial charge is 0.358 e. The lowest BCUT2D eigenvalue weighted by atomic mass is 10.1. The second-order valence-electron chi connectivity index (χ2n) is 5.84. The summed E-state index contributed by atoms with van der Waals surface area (Å²) in [6.45, 7) is 3.81. The minimum absolute atomic E-state index is 0.166. The Hall–Kier alpha value is -3.75. The van der Waals surface area contributed by atoms with E-state index in [-0.39, 0.29) is 18.1 Å². The number of hydrogen-bond donors (Lipinski definition) is 2. The summed E-state index contributed by atoms with van der Waals surface area (Å²) in [4.78, 5) is 27.0. The number of carbonyl (C=O) groups excluding carboxylic acids is 1. The molecule has 0 bridgehead atoms. The van der Waals surface area contributed by atoms with E-state index in [9.17, 15) is 9.59 Å². The van der Waals surface area contributed by atoms with E-state index < -0.39 is 5.97 Å². The molecule has 138 valence electrons. The van der Waals surface area contributed by atoms with Crippen LogP contribution >= 0.6 is 0 Å². The molecule has 0 spiro atoms. The van der Waals surface area contributed by atoms with Gasteiger partial charge in [0.25, 0.3) is 0 Å². The zero-order chi connectivity index (χ0) is 19.4. The van der Waals surface area contributed by atoms with Crippen molar-refractivity contribution in [2.45, 2.75) is 20.4 Å². The number of carboxylic acids is 1. The molecule has 9 heteroatoms. The van der Waals surface area contributed by atoms with Crippen LogP contribution in [0.2, 0.25) is 0 Å². The van der Waals surface area contributed by atoms with Crippen molar-refractivity contribution in [3.63, 3.8) is 0 Å². The van der Waals surface area contributed by atoms with Gasteiger partial charge in [-0.3, -0.25) is 4.79 Å². The third-order valence-corrected chi connectivity index (χ3v) is 3.85. The zero-order valence-electron chi connectivity index (χ0n) is 14.7. The van der Waals surface area contributed by atoms with Crippen LogP contribution in [0, 0.1) is 13.8 Å². The minimum Gasteiger partial charge on any atom is -0.476 e. The van der Waals surface area contributed by atoms with Crippen LogP contribution in [-0.2, 0) is 11.3 Å². The van der Waals surface area contributed by atoms with Gasteiger partial charge in [-0.2, -0.15) is 0 Å². The molecule has 0 unspecified atom stereocenters. The van der Waals surface area contributed by atoms with Crippen molar-refractivity contribution in [3.05, 3.63) is 59.5 Å². The highest BCUT2D eigenvalue weighted by molar-refractivity contribution is 5.90. The molecule has 0 aliphatic rings. The number of carbonyl (C=O) groups is 2. The SMILES string of the molecule is Cc1cccc(Oc2ccc(NC(=O)Cn3cc(C(=O)O)nn3)cn2)c1C. The average molecular weight is 367 g/mol. The van der Waals surface area contributed by atoms with Crippen LogP contribution in [0.1, 0.15) is 21.6 Å². The third-order valence-electron chi connectivity index (χ3n) is 3.85. The molecule has 3 aromatic rings. The highest BCUT2D eigenvalue weighted by atomic mass is 16.5. The Bertz CT molecular complexity index is 982. The molecule has 9 nitrogen and oxygen atoms in total. The molecule has 2 heterocycles. The third kappa shape index (κ3) is 4.46. The number of ether oxygens (including phenoxy) is 1. The van der Waals surface area contributed by atoms with Crippen LogP contribution in [0.25, 0.3) is 0 Å². The van der Waals surface area contributed by atoms with Gasteiger partial charge in [0.1, 0.15) is 12.3 Å². The molecule has 3 rings (SSSR count). The number of aryl methyl sites for hydroxylation is 1. The Morgan fingerprint density at radius 3 is 2.70 bits per heavy atom. The van der Waals surface area contributed by atoms with E-state index in [0.29, 0.717) is 11.6 Å². The van der Waals surface area contributed by atoms with Crippen LogP contribution in [0.15, 0.2) is 42.7 Å². The van der Waals surface area contributed by atoms with E-state index >= 15 is 0 Å². The van der Waals surface area contributed by atoms with Gasteiger partial charge in [-0.1, -0.05) is 17.3 Å². The molecule has 27 heavy (non-hydrogen) atoms. The largest absolute Gasteiger partial charge is 0.476 e. The number of anilines is 1. The summed E-state index contributed by atoms with van der Waals surface area (Å²) in [5, 5.41) is 18.5. The Morgan fingerprint density at radius 1 is 1.22 bits per heavy atom. The molecular formula is C18H17N5O4. The van der Waals surface area contributed by atoms with Gasteiger partial charge < -0.3 is 15.2 Å². The van der Waals surface area contributed by atoms with E-state index in [1.54, 1.807) is 12.1 Å². The number of hydrogen-bond acceptors (Lipinski definition) is 6. The average Bonchev–Trinajstić information content (AvgIpc) is 3.09. The number of nitrogens with one attached hydrogen (secondary N) is 1. The van der Waals surface area contributed by atoms with Gasteiger partial charge in [0.15, 0.2) is 5.69 Å². The summed E-state index contributed by atoms with van der Waals surface area (Å²) >= 11 is 0. The molecule has 1 amide bonds. The lowest BCUT2D eigenvalue weighted by Crippen LogP contribution is -2.19. The highest BCUT2D eigenvalue weighted by Gasteiger charge is 2.11. The van der Waals surface area contributed by atoms with E-state index in [0.717, 1.165) is 21.6 Å². The lowest BCUT2D eigenvalue weighted by molar-refractivity contribution is -0.116. The molecule has 0 aliphatic carbocycles. The summed E-state index contributed by atoms with van der Waals surface area (Å²) in [5.41, 5.74) is 2.41. The van der Waals surface area contributed by atoms with Gasteiger partial charge in [0.2, 0.25) is 11.8 Å². The van der Waals surface area contributed by atoms with Crippen molar-refractivity contribution >= 4 is 17.6 Å². The minimum atomic E-state index is -1.20. The number of nitrogens with zero attached hydrogens (tertiary/aromatic N) is 4. The van der Waals surface area contributed by atoms with Gasteiger partial charge in [0, 0.05) is 6.07 Å². The number of rotatable bonds is 6. The molecule has 0 fully saturated rings. The number of aromatic carboxylic acids is 1. The number of aromatic nitrogens is 4. The number of carboxylic acid groups (broad SMARTS) is 1. The summed E-state index contributed by atoms with van der Waals surface area (Å²) in [5.74, 6) is -0.462. The van der Waals surface area contributed by atoms with Crippen molar-refractivity contribution in [3.8, 4) is 11.6 Å². The predicted octanol–water partition coefficient (Wildman–Crippen LogP) is 2.42. The number of benzene rings is 1. The summed E-state index contributed by atoms with van der Waals surface area (Å²) < 4.78 is 6.91. The molecule has 0 atom stereocenters. The molecule has 0 saturated heterocycles. The van der Waals surface area contributed by atoms with E-state index in [1.165, 1.54) is 12.4 Å². The number of pyridine rings is 1. The molecule has 1 aromatic carbocycles. The molecule has 0 saturated carbocycles. The summed E-state index contributed by atoms with van der Waals surface area (Å²) in [6, 6.07) is 9.09. The Labute approximate surface area is 154 Å². The molecule has 0 radical (unpaired) electrons. The van der Waals surface area contributed by atoms with Crippen LogP contribution in [-0.4, -0.2) is 37.0 Å². The maximum atomic E-state index is 12.0. The molecule has 2 aromatic heterocycles. The predicted molar refractivity (Wildman–Crippen MR) is 95.8 cm³/mol. The van der Waals surface area contributed by atoms with Crippen LogP contribution in [0.3, 0.4) is 0 Å². The number of amides is 1. The van der Waals surface area contributed by atoms with Crippen molar-refractivity contribution in [2.24, 2.45) is 0 Å². The molecule has 0 aliphatic heterocycles. The molecule has 2 N–H and O–H groups in total. The van der Waals surface area contributed by atoms with Crippen LogP contribution < -0.4 is 10.1 Å². The van der Waals surface area contributed by atoms with Crippen LogP contribution in [0.4, 0.5) is 5.69 Å². The first kappa shape index (κ1) is 18.1. The second-order valence-corrected chi connectivity index (χ2v) is 5.84. The summed E-state index contributed by atoms with van der Waals surface area (Å²) in [7, 11) is 0. The second kappa shape index (κ2) is 7.65. The topological polar surface area (TPSA) is 119 Å². The van der Waals surface area contributed by atoms with Gasteiger partial charge in [-0.05, 0) is 37.1 Å². The Kier molecular flexibility index (Phi) is 5.11. The fourth-order valence-corrected chi connectivity index (χ4v) is 2.28. The quantitative estimate of drug-likeness (QED) is 0.686. The van der Waals surface area contributed by atoms with Gasteiger partial charge in [0.05, 0.1) is 18.1 Å². The van der Waals surface area contributed by atoms with Crippen LogP contribution in [0.5, 0.6) is 11.6 Å². The van der Waals surface area contributed by atoms with Crippen molar-refractivity contribution < 1.29 is 19.4 Å². The van der Waals surface area contributed by atoms with Crippen molar-refractivity contribution in [1.29, 1.82) is 0 Å². The lowest BCUT2D eigenvalue weighted by Gasteiger charge is -2.10.